The summed E-state index contributed by atoms with van der Waals surface area (Å²) in [4.78, 5) is 0. The van der Waals surface area contributed by atoms with Crippen LogP contribution in [-0.2, 0) is 9.47 Å². The van der Waals surface area contributed by atoms with Crippen LogP contribution in [0.15, 0.2) is 0 Å². The van der Waals surface area contributed by atoms with Crippen molar-refractivity contribution in [3.8, 4) is 0 Å². The molecular weight excluding hydrogens is 144 g/mol. The molecule has 0 bridgehead atoms. The van der Waals surface area contributed by atoms with Gasteiger partial charge in [-0.05, 0) is 5.41 Å². The number of aliphatic hydroxyl groups excluding tert-OH is 1. The second-order valence-electron chi connectivity index (χ2n) is 3.65. The van der Waals surface area contributed by atoms with Gasteiger partial charge in [-0.15, -0.1) is 0 Å². The Labute approximate surface area is 68.3 Å². The van der Waals surface area contributed by atoms with E-state index in [0.29, 0.717) is 0 Å². The molecule has 0 aromatic carbocycles. The average Bonchev–Trinajstić information content (AvgIpc) is 1.88. The lowest BCUT2D eigenvalue weighted by atomic mass is 9.89. The normalized spacial score (nSPS) is 15.5. The van der Waals surface area contributed by atoms with Crippen molar-refractivity contribution in [2.45, 2.75) is 33.2 Å². The Hall–Kier alpha value is -0.120. The summed E-state index contributed by atoms with van der Waals surface area (Å²) in [5.41, 5.74) is -0.212. The average molecular weight is 162 g/mol. The van der Waals surface area contributed by atoms with Crippen molar-refractivity contribution in [1.82, 2.24) is 0 Å². The Morgan fingerprint density at radius 1 is 1.09 bits per heavy atom. The van der Waals surface area contributed by atoms with E-state index < -0.39 is 12.4 Å². The molecule has 0 saturated heterocycles. The standard InChI is InChI=1S/C8H18O3/c1-8(2,3)6(9)7(10-4)11-5/h6-7,9H,1-5H3. The number of aliphatic hydroxyl groups is 1. The van der Waals surface area contributed by atoms with Crippen LogP contribution < -0.4 is 0 Å². The summed E-state index contributed by atoms with van der Waals surface area (Å²) in [5, 5.41) is 9.60. The third-order valence-corrected chi connectivity index (χ3v) is 1.61. The summed E-state index contributed by atoms with van der Waals surface area (Å²) in [7, 11) is 3.03. The van der Waals surface area contributed by atoms with Crippen LogP contribution in [0.4, 0.5) is 0 Å². The molecule has 68 valence electrons. The highest BCUT2D eigenvalue weighted by Gasteiger charge is 2.30. The predicted octanol–water partition coefficient (Wildman–Crippen LogP) is 1.01. The fourth-order valence-electron chi connectivity index (χ4n) is 0.762. The fraction of sp³-hybridized carbons (Fsp3) is 1.00. The second-order valence-corrected chi connectivity index (χ2v) is 3.65. The van der Waals surface area contributed by atoms with Crippen LogP contribution in [0.5, 0.6) is 0 Å². The Morgan fingerprint density at radius 3 is 1.55 bits per heavy atom. The van der Waals surface area contributed by atoms with Gasteiger partial charge < -0.3 is 14.6 Å². The van der Waals surface area contributed by atoms with E-state index in [9.17, 15) is 5.11 Å². The zero-order valence-electron chi connectivity index (χ0n) is 7.92. The summed E-state index contributed by atoms with van der Waals surface area (Å²) in [5.74, 6) is 0. The molecule has 11 heavy (non-hydrogen) atoms. The van der Waals surface area contributed by atoms with Gasteiger partial charge in [0.1, 0.15) is 6.10 Å². The maximum absolute atomic E-state index is 9.60. The first kappa shape index (κ1) is 10.9. The highest BCUT2D eigenvalue weighted by Crippen LogP contribution is 2.23. The van der Waals surface area contributed by atoms with Gasteiger partial charge in [0.2, 0.25) is 0 Å². The molecule has 0 spiro atoms. The third-order valence-electron chi connectivity index (χ3n) is 1.61. The van der Waals surface area contributed by atoms with E-state index in [4.69, 9.17) is 9.47 Å². The quantitative estimate of drug-likeness (QED) is 0.629. The van der Waals surface area contributed by atoms with Crippen LogP contribution in [-0.4, -0.2) is 31.7 Å². The van der Waals surface area contributed by atoms with Crippen LogP contribution in [0.3, 0.4) is 0 Å². The van der Waals surface area contributed by atoms with E-state index >= 15 is 0 Å². The molecule has 1 N–H and O–H groups in total. The molecule has 0 fully saturated rings. The number of hydrogen-bond donors (Lipinski definition) is 1. The van der Waals surface area contributed by atoms with E-state index in [0.717, 1.165) is 0 Å². The first-order valence-corrected chi connectivity index (χ1v) is 3.67. The number of hydrogen-bond acceptors (Lipinski definition) is 3. The van der Waals surface area contributed by atoms with Gasteiger partial charge in [-0.25, -0.2) is 0 Å². The van der Waals surface area contributed by atoms with Crippen molar-refractivity contribution in [2.75, 3.05) is 14.2 Å². The van der Waals surface area contributed by atoms with Gasteiger partial charge in [-0.2, -0.15) is 0 Å². The molecular formula is C8H18O3. The van der Waals surface area contributed by atoms with E-state index in [1.165, 1.54) is 14.2 Å². The van der Waals surface area contributed by atoms with E-state index in [1.54, 1.807) is 0 Å². The van der Waals surface area contributed by atoms with Crippen LogP contribution >= 0.6 is 0 Å². The molecule has 1 unspecified atom stereocenters. The molecule has 0 amide bonds. The predicted molar refractivity (Wildman–Crippen MR) is 43.3 cm³/mol. The molecule has 0 heterocycles. The number of ether oxygens (including phenoxy) is 2. The molecule has 0 saturated carbocycles. The highest BCUT2D eigenvalue weighted by atomic mass is 16.7. The van der Waals surface area contributed by atoms with Crippen LogP contribution in [0.2, 0.25) is 0 Å². The van der Waals surface area contributed by atoms with Crippen molar-refractivity contribution in [3.63, 3.8) is 0 Å². The lowest BCUT2D eigenvalue weighted by Gasteiger charge is -2.30. The van der Waals surface area contributed by atoms with Gasteiger partial charge in [0.25, 0.3) is 0 Å². The summed E-state index contributed by atoms with van der Waals surface area (Å²) >= 11 is 0. The summed E-state index contributed by atoms with van der Waals surface area (Å²) < 4.78 is 9.83. The summed E-state index contributed by atoms with van der Waals surface area (Å²) in [6, 6.07) is 0. The van der Waals surface area contributed by atoms with Crippen molar-refractivity contribution in [2.24, 2.45) is 5.41 Å². The van der Waals surface area contributed by atoms with Gasteiger partial charge in [0.15, 0.2) is 6.29 Å². The summed E-state index contributed by atoms with van der Waals surface area (Å²) in [6.07, 6.45) is -1.13. The lowest BCUT2D eigenvalue weighted by molar-refractivity contribution is -0.190. The van der Waals surface area contributed by atoms with E-state index in [2.05, 4.69) is 0 Å². The van der Waals surface area contributed by atoms with Gasteiger partial charge in [-0.1, -0.05) is 20.8 Å². The first-order chi connectivity index (χ1) is 4.93. The molecule has 3 nitrogen and oxygen atoms in total. The SMILES string of the molecule is COC(OC)C(O)C(C)(C)C. The Kier molecular flexibility index (Phi) is 4.00. The van der Waals surface area contributed by atoms with Gasteiger partial charge in [0, 0.05) is 14.2 Å². The number of rotatable bonds is 3. The monoisotopic (exact) mass is 162 g/mol. The van der Waals surface area contributed by atoms with Crippen LogP contribution in [0, 0.1) is 5.41 Å². The van der Waals surface area contributed by atoms with Crippen LogP contribution in [0.25, 0.3) is 0 Å². The smallest absolute Gasteiger partial charge is 0.183 e. The zero-order valence-corrected chi connectivity index (χ0v) is 7.92. The van der Waals surface area contributed by atoms with Crippen molar-refractivity contribution in [1.29, 1.82) is 0 Å². The first-order valence-electron chi connectivity index (χ1n) is 3.67. The number of methoxy groups -OCH3 is 2. The third kappa shape index (κ3) is 3.18. The van der Waals surface area contributed by atoms with Gasteiger partial charge in [-0.3, -0.25) is 0 Å². The maximum atomic E-state index is 9.60. The minimum absolute atomic E-state index is 0.212. The van der Waals surface area contributed by atoms with Gasteiger partial charge >= 0.3 is 0 Å². The molecule has 0 radical (unpaired) electrons. The minimum atomic E-state index is -0.600. The maximum Gasteiger partial charge on any atom is 0.183 e. The van der Waals surface area contributed by atoms with E-state index in [1.807, 2.05) is 20.8 Å². The van der Waals surface area contributed by atoms with E-state index in [-0.39, 0.29) is 5.41 Å². The topological polar surface area (TPSA) is 38.7 Å². The Bertz CT molecular complexity index is 102. The molecule has 0 rings (SSSR count). The largest absolute Gasteiger partial charge is 0.387 e. The summed E-state index contributed by atoms with van der Waals surface area (Å²) in [6.45, 7) is 5.80. The zero-order chi connectivity index (χ0) is 9.07. The second kappa shape index (κ2) is 4.04. The van der Waals surface area contributed by atoms with Crippen molar-refractivity contribution < 1.29 is 14.6 Å². The lowest BCUT2D eigenvalue weighted by Crippen LogP contribution is -2.39. The fourth-order valence-corrected chi connectivity index (χ4v) is 0.762. The molecule has 3 heteroatoms. The van der Waals surface area contributed by atoms with Crippen molar-refractivity contribution >= 4 is 0 Å². The highest BCUT2D eigenvalue weighted by molar-refractivity contribution is 4.75. The van der Waals surface area contributed by atoms with Crippen molar-refractivity contribution in [3.05, 3.63) is 0 Å². The van der Waals surface area contributed by atoms with Gasteiger partial charge in [0.05, 0.1) is 0 Å². The Morgan fingerprint density at radius 2 is 1.45 bits per heavy atom. The molecule has 1 atom stereocenters. The molecule has 0 aliphatic heterocycles. The molecule has 0 aromatic heterocycles. The molecule has 0 aromatic rings. The van der Waals surface area contributed by atoms with Crippen LogP contribution in [0.1, 0.15) is 20.8 Å². The molecule has 0 aliphatic carbocycles. The molecule has 0 aliphatic rings. The Balaban J connectivity index is 4.09. The minimum Gasteiger partial charge on any atom is -0.387 e.